The smallest absolute Gasteiger partial charge is 0.109 e. The lowest BCUT2D eigenvalue weighted by molar-refractivity contribution is 1.45. The fourth-order valence-electron chi connectivity index (χ4n) is 0.166. The summed E-state index contributed by atoms with van der Waals surface area (Å²) < 4.78 is 0. The Morgan fingerprint density at radius 2 is 1.89 bits per heavy atom. The van der Waals surface area contributed by atoms with E-state index in [-0.39, 0.29) is 0 Å². The van der Waals surface area contributed by atoms with E-state index in [0.29, 0.717) is 0 Å². The summed E-state index contributed by atoms with van der Waals surface area (Å²) >= 11 is 0. The molecule has 0 aromatic rings. The third kappa shape index (κ3) is 19.3. The minimum atomic E-state index is 1.46. The van der Waals surface area contributed by atoms with Gasteiger partial charge in [0.15, 0.2) is 0 Å². The Hall–Kier alpha value is -0.920. The van der Waals surface area contributed by atoms with Crippen molar-refractivity contribution >= 4 is 12.6 Å². The molecule has 0 saturated carbocycles. The molecule has 0 aliphatic carbocycles. The summed E-state index contributed by atoms with van der Waals surface area (Å²) in [6.45, 7) is 7.42. The summed E-state index contributed by atoms with van der Waals surface area (Å²) in [6.07, 6.45) is 4.64. The molecule has 0 amide bonds. The van der Waals surface area contributed by atoms with E-state index in [2.05, 4.69) is 16.6 Å². The average molecular weight is 126 g/mol. The Labute approximate surface area is 57.0 Å². The van der Waals surface area contributed by atoms with E-state index in [4.69, 9.17) is 0 Å². The SMILES string of the molecule is C=CC=NC=NC.CC. The van der Waals surface area contributed by atoms with E-state index < -0.39 is 0 Å². The van der Waals surface area contributed by atoms with E-state index in [1.165, 1.54) is 6.34 Å². The Morgan fingerprint density at radius 1 is 1.33 bits per heavy atom. The molecule has 0 fully saturated rings. The number of hydrogen-bond acceptors (Lipinski definition) is 1. The maximum atomic E-state index is 3.67. The molecule has 2 nitrogen and oxygen atoms in total. The molecule has 52 valence electrons. The predicted octanol–water partition coefficient (Wildman–Crippen LogP) is 1.93. The monoisotopic (exact) mass is 126 g/mol. The molecule has 0 bridgehead atoms. The van der Waals surface area contributed by atoms with Crippen LogP contribution in [0.2, 0.25) is 0 Å². The van der Waals surface area contributed by atoms with E-state index in [0.717, 1.165) is 0 Å². The third-order valence-electron chi connectivity index (χ3n) is 0.374. The summed E-state index contributed by atoms with van der Waals surface area (Å²) in [6, 6.07) is 0. The molecule has 0 rings (SSSR count). The Bertz CT molecular complexity index is 93.1. The molecular weight excluding hydrogens is 112 g/mol. The summed E-state index contributed by atoms with van der Waals surface area (Å²) in [4.78, 5) is 7.28. The van der Waals surface area contributed by atoms with Crippen LogP contribution in [0.15, 0.2) is 22.6 Å². The quantitative estimate of drug-likeness (QED) is 0.399. The maximum absolute atomic E-state index is 3.67. The number of allylic oxidation sites excluding steroid dienone is 1. The van der Waals surface area contributed by atoms with Crippen molar-refractivity contribution in [2.45, 2.75) is 13.8 Å². The van der Waals surface area contributed by atoms with Crippen LogP contribution in [-0.2, 0) is 0 Å². The van der Waals surface area contributed by atoms with Gasteiger partial charge in [-0.15, -0.1) is 0 Å². The summed E-state index contributed by atoms with van der Waals surface area (Å²) in [5.74, 6) is 0. The highest BCUT2D eigenvalue weighted by molar-refractivity contribution is 5.79. The fourth-order valence-corrected chi connectivity index (χ4v) is 0.166. The highest BCUT2D eigenvalue weighted by Gasteiger charge is 1.52. The van der Waals surface area contributed by atoms with E-state index in [1.807, 2.05) is 13.8 Å². The molecule has 0 aromatic heterocycles. The predicted molar refractivity (Wildman–Crippen MR) is 44.5 cm³/mol. The Kier molecular flexibility index (Phi) is 19.1. The molecule has 0 aliphatic rings. The second-order valence-electron chi connectivity index (χ2n) is 0.908. The number of hydrogen-bond donors (Lipinski definition) is 0. The van der Waals surface area contributed by atoms with Gasteiger partial charge in [0.05, 0.1) is 0 Å². The van der Waals surface area contributed by atoms with Crippen LogP contribution in [-0.4, -0.2) is 19.6 Å². The molecule has 0 saturated heterocycles. The van der Waals surface area contributed by atoms with Crippen molar-refractivity contribution in [3.05, 3.63) is 12.7 Å². The lowest BCUT2D eigenvalue weighted by Gasteiger charge is -1.66. The molecule has 0 heterocycles. The number of aliphatic imine (C=N–C) groups is 2. The van der Waals surface area contributed by atoms with Crippen LogP contribution in [0.1, 0.15) is 13.8 Å². The lowest BCUT2D eigenvalue weighted by atomic mass is 10.7. The molecule has 0 aliphatic heterocycles. The van der Waals surface area contributed by atoms with Crippen LogP contribution in [0, 0.1) is 0 Å². The standard InChI is InChI=1S/C5H8N2.C2H6/c1-3-4-7-5-6-2;1-2/h3-5H,1H2,2H3;1-2H3. The van der Waals surface area contributed by atoms with Crippen LogP contribution in [0.5, 0.6) is 0 Å². The number of rotatable bonds is 2. The molecule has 0 aromatic carbocycles. The van der Waals surface area contributed by atoms with Gasteiger partial charge in [0.25, 0.3) is 0 Å². The third-order valence-corrected chi connectivity index (χ3v) is 0.374. The zero-order valence-corrected chi connectivity index (χ0v) is 6.33. The van der Waals surface area contributed by atoms with Gasteiger partial charge in [-0.1, -0.05) is 26.5 Å². The van der Waals surface area contributed by atoms with Gasteiger partial charge in [-0.2, -0.15) is 0 Å². The van der Waals surface area contributed by atoms with E-state index >= 15 is 0 Å². The normalized spacial score (nSPS) is 9.22. The van der Waals surface area contributed by atoms with E-state index in [1.54, 1.807) is 19.3 Å². The minimum Gasteiger partial charge on any atom is -0.277 e. The Morgan fingerprint density at radius 3 is 2.22 bits per heavy atom. The first-order valence-electron chi connectivity index (χ1n) is 2.96. The molecule has 2 heteroatoms. The van der Waals surface area contributed by atoms with Crippen molar-refractivity contribution in [1.82, 2.24) is 0 Å². The van der Waals surface area contributed by atoms with Crippen molar-refractivity contribution in [2.75, 3.05) is 7.05 Å². The van der Waals surface area contributed by atoms with Gasteiger partial charge in [0.1, 0.15) is 6.34 Å². The van der Waals surface area contributed by atoms with Crippen molar-refractivity contribution in [3.8, 4) is 0 Å². The van der Waals surface area contributed by atoms with Gasteiger partial charge in [-0.25, -0.2) is 4.99 Å². The highest BCUT2D eigenvalue weighted by Crippen LogP contribution is 1.57. The Balaban J connectivity index is 0. The van der Waals surface area contributed by atoms with Crippen LogP contribution in [0.3, 0.4) is 0 Å². The highest BCUT2D eigenvalue weighted by atomic mass is 14.8. The second-order valence-corrected chi connectivity index (χ2v) is 0.908. The maximum Gasteiger partial charge on any atom is 0.109 e. The summed E-state index contributed by atoms with van der Waals surface area (Å²) in [5.41, 5.74) is 0. The largest absolute Gasteiger partial charge is 0.277 e. The van der Waals surface area contributed by atoms with Crippen molar-refractivity contribution < 1.29 is 0 Å². The topological polar surface area (TPSA) is 24.7 Å². The van der Waals surface area contributed by atoms with Crippen molar-refractivity contribution in [3.63, 3.8) is 0 Å². The van der Waals surface area contributed by atoms with Crippen molar-refractivity contribution in [1.29, 1.82) is 0 Å². The lowest BCUT2D eigenvalue weighted by Crippen LogP contribution is -1.63. The zero-order chi connectivity index (χ0) is 7.54. The van der Waals surface area contributed by atoms with Crippen LogP contribution in [0.25, 0.3) is 0 Å². The van der Waals surface area contributed by atoms with Gasteiger partial charge >= 0.3 is 0 Å². The second kappa shape index (κ2) is 15.7. The molecule has 0 spiro atoms. The molecule has 0 atom stereocenters. The van der Waals surface area contributed by atoms with Gasteiger partial charge in [-0.05, 0) is 0 Å². The molecule has 0 N–H and O–H groups in total. The van der Waals surface area contributed by atoms with Gasteiger partial charge in [0.2, 0.25) is 0 Å². The molecule has 9 heavy (non-hydrogen) atoms. The van der Waals surface area contributed by atoms with Crippen LogP contribution < -0.4 is 0 Å². The minimum absolute atomic E-state index is 1.46. The van der Waals surface area contributed by atoms with Gasteiger partial charge in [-0.3, -0.25) is 4.99 Å². The first-order valence-corrected chi connectivity index (χ1v) is 2.96. The van der Waals surface area contributed by atoms with Crippen molar-refractivity contribution in [2.24, 2.45) is 9.98 Å². The molecule has 0 unspecified atom stereocenters. The van der Waals surface area contributed by atoms with Crippen LogP contribution in [0.4, 0.5) is 0 Å². The molecular formula is C7H14N2. The average Bonchev–Trinajstić information content (AvgIpc) is 1.94. The van der Waals surface area contributed by atoms with E-state index in [9.17, 15) is 0 Å². The molecule has 0 radical (unpaired) electrons. The van der Waals surface area contributed by atoms with Gasteiger partial charge in [0, 0.05) is 13.3 Å². The first kappa shape index (κ1) is 11.0. The summed E-state index contributed by atoms with van der Waals surface area (Å²) in [5, 5.41) is 0. The summed E-state index contributed by atoms with van der Waals surface area (Å²) in [7, 11) is 1.67. The number of nitrogens with zero attached hydrogens (tertiary/aromatic N) is 2. The zero-order valence-electron chi connectivity index (χ0n) is 6.33. The first-order chi connectivity index (χ1) is 4.41. The fraction of sp³-hybridized carbons (Fsp3) is 0.429. The van der Waals surface area contributed by atoms with Gasteiger partial charge < -0.3 is 0 Å². The van der Waals surface area contributed by atoms with Crippen LogP contribution >= 0.6 is 0 Å².